The lowest BCUT2D eigenvalue weighted by atomic mass is 9.67. The van der Waals surface area contributed by atoms with Crippen LogP contribution in [0, 0.1) is 11.3 Å². The van der Waals surface area contributed by atoms with E-state index in [1.54, 1.807) is 0 Å². The maximum atomic E-state index is 12.3. The molecule has 1 heterocycles. The number of carboxylic acids is 1. The number of hydrogen-bond donors (Lipinski definition) is 0. The molecular weight excluding hydrogens is 394 g/mol. The van der Waals surface area contributed by atoms with E-state index in [9.17, 15) is 9.90 Å². The monoisotopic (exact) mass is 418 g/mol. The fourth-order valence-corrected chi connectivity index (χ4v) is 4.57. The Balaban J connectivity index is 2.01. The van der Waals surface area contributed by atoms with Gasteiger partial charge in [-0.1, -0.05) is 75.2 Å². The lowest BCUT2D eigenvalue weighted by Gasteiger charge is -2.39. The van der Waals surface area contributed by atoms with Crippen molar-refractivity contribution in [1.29, 1.82) is 0 Å². The quantitative estimate of drug-likeness (QED) is 0.538. The van der Waals surface area contributed by atoms with Gasteiger partial charge < -0.3 is 9.90 Å². The number of carbonyl (C=O) groups excluding carboxylic acids is 1. The predicted molar refractivity (Wildman–Crippen MR) is 121 cm³/mol. The minimum atomic E-state index is -1.14. The Bertz CT molecular complexity index is 1160. The Morgan fingerprint density at radius 3 is 2.57 bits per heavy atom. The number of aromatic nitrogens is 1. The molecule has 30 heavy (non-hydrogen) atoms. The number of carboxylic acid groups (broad SMARTS) is 1. The average Bonchev–Trinajstić information content (AvgIpc) is 2.73. The predicted octanol–water partition coefficient (Wildman–Crippen LogP) is 5.79. The molecule has 0 saturated heterocycles. The lowest BCUT2D eigenvalue weighted by molar-refractivity contribution is -0.254. The van der Waals surface area contributed by atoms with Gasteiger partial charge in [-0.05, 0) is 59.1 Å². The molecule has 1 atom stereocenters. The zero-order valence-corrected chi connectivity index (χ0v) is 18.3. The second kappa shape index (κ2) is 7.88. The van der Waals surface area contributed by atoms with Crippen LogP contribution in [0.15, 0.2) is 48.5 Å². The van der Waals surface area contributed by atoms with Gasteiger partial charge in [0.1, 0.15) is 0 Å². The largest absolute Gasteiger partial charge is 0.545 e. The number of fused-ring (bicyclic) bond motifs is 2. The van der Waals surface area contributed by atoms with Crippen molar-refractivity contribution in [3.63, 3.8) is 0 Å². The molecule has 0 aliphatic heterocycles. The number of para-hydroxylation sites is 1. The van der Waals surface area contributed by atoms with E-state index in [2.05, 4.69) is 26.8 Å². The van der Waals surface area contributed by atoms with Crippen LogP contribution in [0.25, 0.3) is 22.6 Å². The number of rotatable bonds is 4. The minimum Gasteiger partial charge on any atom is -0.545 e. The highest BCUT2D eigenvalue weighted by Crippen LogP contribution is 2.46. The first-order valence-electron chi connectivity index (χ1n) is 10.4. The number of aromatic carboxylic acids is 1. The zero-order chi connectivity index (χ0) is 21.5. The summed E-state index contributed by atoms with van der Waals surface area (Å²) in [5, 5.41) is 13.6. The van der Waals surface area contributed by atoms with Crippen molar-refractivity contribution in [2.24, 2.45) is 11.3 Å². The van der Waals surface area contributed by atoms with Crippen molar-refractivity contribution < 1.29 is 9.90 Å². The van der Waals surface area contributed by atoms with Crippen LogP contribution < -0.4 is 5.11 Å². The standard InChI is InChI=1S/C26H26ClNO2/c1-4-26(2,3)18-14-17(13-16-9-5-7-11-21(16)27)24-20(15-18)23(25(29)30)19-10-6-8-12-22(19)28-24/h5-13,18H,4,14-15H2,1-3H3,(H,29,30)/p-1/b17-13+/t18-/m1/s1. The van der Waals surface area contributed by atoms with Gasteiger partial charge in [-0.2, -0.15) is 0 Å². The summed E-state index contributed by atoms with van der Waals surface area (Å²) in [6, 6.07) is 15.1. The number of halogens is 1. The summed E-state index contributed by atoms with van der Waals surface area (Å²) in [4.78, 5) is 17.2. The number of benzene rings is 2. The number of allylic oxidation sites excluding steroid dienone is 1. The van der Waals surface area contributed by atoms with Gasteiger partial charge in [-0.25, -0.2) is 4.98 Å². The lowest BCUT2D eigenvalue weighted by Crippen LogP contribution is -2.32. The first-order chi connectivity index (χ1) is 14.3. The fraction of sp³-hybridized carbons (Fsp3) is 0.308. The van der Waals surface area contributed by atoms with Gasteiger partial charge in [0.05, 0.1) is 17.2 Å². The van der Waals surface area contributed by atoms with E-state index in [1.165, 1.54) is 0 Å². The van der Waals surface area contributed by atoms with Gasteiger partial charge >= 0.3 is 0 Å². The van der Waals surface area contributed by atoms with E-state index >= 15 is 0 Å². The molecule has 3 aromatic rings. The summed E-state index contributed by atoms with van der Waals surface area (Å²) in [6.07, 6.45) is 4.59. The van der Waals surface area contributed by atoms with Crippen LogP contribution in [0.3, 0.4) is 0 Å². The molecule has 1 aliphatic rings. The van der Waals surface area contributed by atoms with E-state index in [0.29, 0.717) is 28.3 Å². The van der Waals surface area contributed by atoms with Crippen LogP contribution in [0.1, 0.15) is 60.8 Å². The zero-order valence-electron chi connectivity index (χ0n) is 17.5. The Hall–Kier alpha value is -2.65. The molecule has 3 nitrogen and oxygen atoms in total. The summed E-state index contributed by atoms with van der Waals surface area (Å²) in [6.45, 7) is 6.69. The summed E-state index contributed by atoms with van der Waals surface area (Å²) in [5.74, 6) is -0.846. The molecular formula is C26H25ClNO2-. The fourth-order valence-electron chi connectivity index (χ4n) is 4.38. The van der Waals surface area contributed by atoms with E-state index in [1.807, 2.05) is 48.5 Å². The molecule has 154 valence electrons. The van der Waals surface area contributed by atoms with Crippen LogP contribution in [0.2, 0.25) is 5.02 Å². The molecule has 2 aromatic carbocycles. The molecule has 1 aliphatic carbocycles. The van der Waals surface area contributed by atoms with E-state index in [4.69, 9.17) is 16.6 Å². The van der Waals surface area contributed by atoms with Gasteiger partial charge in [0.2, 0.25) is 0 Å². The summed E-state index contributed by atoms with van der Waals surface area (Å²) in [5.41, 5.74) is 4.50. The molecule has 0 N–H and O–H groups in total. The second-order valence-electron chi connectivity index (χ2n) is 8.76. The van der Waals surface area contributed by atoms with Crippen LogP contribution in [-0.2, 0) is 6.42 Å². The van der Waals surface area contributed by atoms with Gasteiger partial charge in [0.15, 0.2) is 0 Å². The SMILES string of the molecule is CCC(C)(C)[C@@H]1C/C(=C\c2ccccc2Cl)c2nc3ccccc3c(C(=O)[O-])c2C1. The highest BCUT2D eigenvalue weighted by molar-refractivity contribution is 6.32. The van der Waals surface area contributed by atoms with Crippen molar-refractivity contribution >= 4 is 40.1 Å². The van der Waals surface area contributed by atoms with Gasteiger partial charge in [0.25, 0.3) is 0 Å². The topological polar surface area (TPSA) is 53.0 Å². The van der Waals surface area contributed by atoms with Gasteiger partial charge in [-0.3, -0.25) is 0 Å². The maximum absolute atomic E-state index is 12.3. The number of nitrogens with zero attached hydrogens (tertiary/aromatic N) is 1. The first kappa shape index (κ1) is 20.6. The molecule has 0 amide bonds. The number of pyridine rings is 1. The Labute approximate surface area is 182 Å². The highest BCUT2D eigenvalue weighted by Gasteiger charge is 2.35. The van der Waals surface area contributed by atoms with Gasteiger partial charge in [0, 0.05) is 16.0 Å². The third kappa shape index (κ3) is 3.63. The second-order valence-corrected chi connectivity index (χ2v) is 9.16. The molecule has 4 heteroatoms. The number of hydrogen-bond acceptors (Lipinski definition) is 3. The maximum Gasteiger partial charge on any atom is 0.0725 e. The van der Waals surface area contributed by atoms with Crippen molar-refractivity contribution in [2.45, 2.75) is 40.0 Å². The molecule has 0 fully saturated rings. The molecule has 0 bridgehead atoms. The Kier molecular flexibility index (Phi) is 5.42. The third-order valence-corrected chi connectivity index (χ3v) is 7.01. The minimum absolute atomic E-state index is 0.0616. The number of carbonyl (C=O) groups is 1. The molecule has 0 unspecified atom stereocenters. The summed E-state index contributed by atoms with van der Waals surface area (Å²) < 4.78 is 0. The van der Waals surface area contributed by atoms with Crippen molar-refractivity contribution in [3.8, 4) is 0 Å². The Morgan fingerprint density at radius 1 is 1.17 bits per heavy atom. The molecule has 4 rings (SSSR count). The highest BCUT2D eigenvalue weighted by atomic mass is 35.5. The van der Waals surface area contributed by atoms with Crippen molar-refractivity contribution in [2.75, 3.05) is 0 Å². The van der Waals surface area contributed by atoms with Crippen LogP contribution in [0.5, 0.6) is 0 Å². The molecule has 1 aromatic heterocycles. The summed E-state index contributed by atoms with van der Waals surface area (Å²) in [7, 11) is 0. The van der Waals surface area contributed by atoms with E-state index < -0.39 is 5.97 Å². The van der Waals surface area contributed by atoms with Crippen molar-refractivity contribution in [3.05, 3.63) is 75.9 Å². The average molecular weight is 419 g/mol. The Morgan fingerprint density at radius 2 is 1.87 bits per heavy atom. The third-order valence-electron chi connectivity index (χ3n) is 6.67. The van der Waals surface area contributed by atoms with Crippen LogP contribution in [0.4, 0.5) is 0 Å². The smallest absolute Gasteiger partial charge is 0.0725 e. The van der Waals surface area contributed by atoms with Crippen molar-refractivity contribution in [1.82, 2.24) is 4.98 Å². The molecule has 0 saturated carbocycles. The first-order valence-corrected chi connectivity index (χ1v) is 10.8. The van der Waals surface area contributed by atoms with Crippen LogP contribution >= 0.6 is 11.6 Å². The van der Waals surface area contributed by atoms with E-state index in [-0.39, 0.29) is 11.0 Å². The van der Waals surface area contributed by atoms with Crippen LogP contribution in [-0.4, -0.2) is 11.0 Å². The van der Waals surface area contributed by atoms with Gasteiger partial charge in [-0.15, -0.1) is 0 Å². The summed E-state index contributed by atoms with van der Waals surface area (Å²) >= 11 is 6.43. The normalized spacial score (nSPS) is 17.9. The molecule has 0 spiro atoms. The van der Waals surface area contributed by atoms with E-state index in [0.717, 1.165) is 35.2 Å². The molecule has 0 radical (unpaired) electrons.